The van der Waals surface area contributed by atoms with Crippen LogP contribution < -0.4 is 10.5 Å². The largest absolute Gasteiger partial charge is 0.493 e. The summed E-state index contributed by atoms with van der Waals surface area (Å²) in [5, 5.41) is 0. The fraction of sp³-hybridized carbons (Fsp3) is 0.647. The lowest BCUT2D eigenvalue weighted by atomic mass is 9.79. The maximum Gasteiger partial charge on any atom is 0.120 e. The first kappa shape index (κ1) is 14.4. The summed E-state index contributed by atoms with van der Waals surface area (Å²) in [7, 11) is 0. The fourth-order valence-corrected chi connectivity index (χ4v) is 3.96. The van der Waals surface area contributed by atoms with Crippen molar-refractivity contribution in [2.24, 2.45) is 11.7 Å². The molecule has 2 aliphatic carbocycles. The molecule has 3 heteroatoms. The van der Waals surface area contributed by atoms with Gasteiger partial charge < -0.3 is 10.5 Å². The highest BCUT2D eigenvalue weighted by molar-refractivity contribution is 9.10. The monoisotopic (exact) mass is 337 g/mol. The summed E-state index contributed by atoms with van der Waals surface area (Å²) in [6.07, 6.45) is 9.03. The Hall–Kier alpha value is -0.540. The first-order valence-corrected chi connectivity index (χ1v) is 8.65. The van der Waals surface area contributed by atoms with E-state index in [4.69, 9.17) is 10.5 Å². The predicted octanol–water partition coefficient (Wildman–Crippen LogP) is 4.40. The minimum atomic E-state index is 0.179. The molecule has 0 unspecified atom stereocenters. The van der Waals surface area contributed by atoms with E-state index in [9.17, 15) is 0 Å². The van der Waals surface area contributed by atoms with Gasteiger partial charge in [0.25, 0.3) is 0 Å². The Bertz CT molecular complexity index is 464. The Balaban J connectivity index is 1.78. The minimum absolute atomic E-state index is 0.179. The van der Waals surface area contributed by atoms with Crippen molar-refractivity contribution < 1.29 is 4.74 Å². The van der Waals surface area contributed by atoms with Crippen LogP contribution in [0.4, 0.5) is 0 Å². The van der Waals surface area contributed by atoms with Crippen LogP contribution in [0.1, 0.15) is 50.5 Å². The molecular formula is C17H24BrNO. The van der Waals surface area contributed by atoms with Gasteiger partial charge in [0.05, 0.1) is 6.61 Å². The number of rotatable bonds is 5. The maximum absolute atomic E-state index is 6.10. The first-order valence-electron chi connectivity index (χ1n) is 7.86. The molecule has 110 valence electrons. The highest BCUT2D eigenvalue weighted by Crippen LogP contribution is 2.42. The van der Waals surface area contributed by atoms with E-state index in [0.29, 0.717) is 0 Å². The van der Waals surface area contributed by atoms with Crippen molar-refractivity contribution in [2.75, 3.05) is 13.2 Å². The molecule has 2 aliphatic rings. The SMILES string of the molecule is NCC1(c2cc(Br)cc(OCC3CCC3)c2)CCCC1. The van der Waals surface area contributed by atoms with E-state index < -0.39 is 0 Å². The van der Waals surface area contributed by atoms with Crippen LogP contribution in [0.25, 0.3) is 0 Å². The Morgan fingerprint density at radius 3 is 2.50 bits per heavy atom. The van der Waals surface area contributed by atoms with Crippen molar-refractivity contribution >= 4 is 15.9 Å². The molecule has 0 heterocycles. The van der Waals surface area contributed by atoms with Gasteiger partial charge in [-0.2, -0.15) is 0 Å². The number of benzene rings is 1. The van der Waals surface area contributed by atoms with Crippen molar-refractivity contribution in [1.29, 1.82) is 0 Å². The quantitative estimate of drug-likeness (QED) is 0.864. The van der Waals surface area contributed by atoms with Crippen molar-refractivity contribution in [3.05, 3.63) is 28.2 Å². The molecule has 2 nitrogen and oxygen atoms in total. The molecule has 2 N–H and O–H groups in total. The molecule has 1 aromatic rings. The zero-order chi connectivity index (χ0) is 14.0. The molecule has 20 heavy (non-hydrogen) atoms. The van der Waals surface area contributed by atoms with Gasteiger partial charge in [0.1, 0.15) is 5.75 Å². The van der Waals surface area contributed by atoms with Crippen LogP contribution >= 0.6 is 15.9 Å². The van der Waals surface area contributed by atoms with Gasteiger partial charge in [0.2, 0.25) is 0 Å². The van der Waals surface area contributed by atoms with Gasteiger partial charge in [0, 0.05) is 16.4 Å². The van der Waals surface area contributed by atoms with E-state index in [1.807, 2.05) is 0 Å². The van der Waals surface area contributed by atoms with Crippen LogP contribution in [-0.4, -0.2) is 13.2 Å². The molecule has 0 saturated heterocycles. The van der Waals surface area contributed by atoms with Crippen molar-refractivity contribution in [3.8, 4) is 5.75 Å². The zero-order valence-corrected chi connectivity index (χ0v) is 13.6. The molecule has 0 amide bonds. The Morgan fingerprint density at radius 1 is 1.15 bits per heavy atom. The van der Waals surface area contributed by atoms with E-state index in [2.05, 4.69) is 34.1 Å². The van der Waals surface area contributed by atoms with Gasteiger partial charge in [-0.05, 0) is 55.4 Å². The maximum atomic E-state index is 6.10. The summed E-state index contributed by atoms with van der Waals surface area (Å²) in [6, 6.07) is 6.54. The normalized spacial score (nSPS) is 21.7. The Morgan fingerprint density at radius 2 is 1.90 bits per heavy atom. The molecular weight excluding hydrogens is 314 g/mol. The number of nitrogens with two attached hydrogens (primary N) is 1. The molecule has 0 atom stereocenters. The van der Waals surface area contributed by atoms with Crippen LogP contribution in [0, 0.1) is 5.92 Å². The van der Waals surface area contributed by atoms with E-state index in [1.54, 1.807) is 0 Å². The molecule has 0 aromatic heterocycles. The second-order valence-corrected chi connectivity index (χ2v) is 7.39. The summed E-state index contributed by atoms with van der Waals surface area (Å²) in [4.78, 5) is 0. The second kappa shape index (κ2) is 6.07. The number of ether oxygens (including phenoxy) is 1. The summed E-state index contributed by atoms with van der Waals surface area (Å²) in [6.45, 7) is 1.61. The standard InChI is InChI=1S/C17H24BrNO/c18-15-8-14(17(12-19)6-1-2-7-17)9-16(10-15)20-11-13-4-3-5-13/h8-10,13H,1-7,11-12,19H2. The van der Waals surface area contributed by atoms with Gasteiger partial charge in [-0.15, -0.1) is 0 Å². The highest BCUT2D eigenvalue weighted by atomic mass is 79.9. The number of hydrogen-bond acceptors (Lipinski definition) is 2. The predicted molar refractivity (Wildman–Crippen MR) is 86.2 cm³/mol. The number of hydrogen-bond donors (Lipinski definition) is 1. The fourth-order valence-electron chi connectivity index (χ4n) is 3.49. The third kappa shape index (κ3) is 2.89. The van der Waals surface area contributed by atoms with Gasteiger partial charge in [0.15, 0.2) is 0 Å². The molecule has 3 rings (SSSR count). The van der Waals surface area contributed by atoms with Crippen molar-refractivity contribution in [3.63, 3.8) is 0 Å². The second-order valence-electron chi connectivity index (χ2n) is 6.48. The Kier molecular flexibility index (Phi) is 4.37. The summed E-state index contributed by atoms with van der Waals surface area (Å²) in [5.41, 5.74) is 7.63. The van der Waals surface area contributed by atoms with E-state index in [-0.39, 0.29) is 5.41 Å². The van der Waals surface area contributed by atoms with Crippen molar-refractivity contribution in [2.45, 2.75) is 50.4 Å². The zero-order valence-electron chi connectivity index (χ0n) is 12.0. The lowest BCUT2D eigenvalue weighted by molar-refractivity contribution is 0.180. The third-order valence-corrected chi connectivity index (χ3v) is 5.60. The topological polar surface area (TPSA) is 35.2 Å². The van der Waals surface area contributed by atoms with E-state index in [1.165, 1.54) is 50.5 Å². The van der Waals surface area contributed by atoms with Crippen LogP contribution in [0.5, 0.6) is 5.75 Å². The van der Waals surface area contributed by atoms with Gasteiger partial charge in [-0.1, -0.05) is 35.2 Å². The lowest BCUT2D eigenvalue weighted by Crippen LogP contribution is -2.32. The van der Waals surface area contributed by atoms with Gasteiger partial charge >= 0.3 is 0 Å². The average molecular weight is 338 g/mol. The summed E-state index contributed by atoms with van der Waals surface area (Å²) >= 11 is 3.63. The molecule has 0 bridgehead atoms. The third-order valence-electron chi connectivity index (χ3n) is 5.15. The van der Waals surface area contributed by atoms with Crippen LogP contribution in [0.2, 0.25) is 0 Å². The highest BCUT2D eigenvalue weighted by Gasteiger charge is 2.34. The summed E-state index contributed by atoms with van der Waals surface area (Å²) < 4.78 is 7.12. The van der Waals surface area contributed by atoms with Crippen LogP contribution in [0.3, 0.4) is 0 Å². The lowest BCUT2D eigenvalue weighted by Gasteiger charge is -2.29. The van der Waals surface area contributed by atoms with Gasteiger partial charge in [-0.3, -0.25) is 0 Å². The average Bonchev–Trinajstić information content (AvgIpc) is 2.86. The number of halogens is 1. The van der Waals surface area contributed by atoms with Crippen molar-refractivity contribution in [1.82, 2.24) is 0 Å². The smallest absolute Gasteiger partial charge is 0.120 e. The summed E-state index contributed by atoms with van der Waals surface area (Å²) in [5.74, 6) is 1.77. The van der Waals surface area contributed by atoms with Gasteiger partial charge in [-0.25, -0.2) is 0 Å². The van der Waals surface area contributed by atoms with E-state index >= 15 is 0 Å². The first-order chi connectivity index (χ1) is 9.72. The molecule has 1 aromatic carbocycles. The molecule has 0 aliphatic heterocycles. The van der Waals surface area contributed by atoms with E-state index in [0.717, 1.165) is 29.3 Å². The molecule has 2 fully saturated rings. The minimum Gasteiger partial charge on any atom is -0.493 e. The molecule has 2 saturated carbocycles. The molecule has 0 spiro atoms. The van der Waals surface area contributed by atoms with Crippen LogP contribution in [0.15, 0.2) is 22.7 Å². The van der Waals surface area contributed by atoms with Crippen LogP contribution in [-0.2, 0) is 5.41 Å². The molecule has 0 radical (unpaired) electrons. The Labute approximate surface area is 130 Å².